The Labute approximate surface area is 153 Å². The first-order valence-corrected chi connectivity index (χ1v) is 9.01. The van der Waals surface area contributed by atoms with Crippen LogP contribution in [0.15, 0.2) is 48.5 Å². The third-order valence-electron chi connectivity index (χ3n) is 5.25. The highest BCUT2D eigenvalue weighted by Crippen LogP contribution is 2.30. The van der Waals surface area contributed by atoms with E-state index >= 15 is 0 Å². The van der Waals surface area contributed by atoms with Crippen LogP contribution in [0.1, 0.15) is 33.6 Å². The number of likely N-dealkylation sites (tertiary alicyclic amines) is 1. The molecule has 5 nitrogen and oxygen atoms in total. The van der Waals surface area contributed by atoms with Crippen molar-refractivity contribution in [3.8, 4) is 5.75 Å². The van der Waals surface area contributed by atoms with Crippen LogP contribution in [-0.4, -0.2) is 48.7 Å². The second-order valence-corrected chi connectivity index (χ2v) is 6.82. The van der Waals surface area contributed by atoms with Crippen molar-refractivity contribution in [1.29, 1.82) is 0 Å². The molecule has 0 amide bonds. The van der Waals surface area contributed by atoms with Crippen LogP contribution in [0.25, 0.3) is 0 Å². The molecule has 134 valence electrons. The van der Waals surface area contributed by atoms with Crippen molar-refractivity contribution in [2.24, 2.45) is 0 Å². The van der Waals surface area contributed by atoms with E-state index in [1.165, 1.54) is 0 Å². The summed E-state index contributed by atoms with van der Waals surface area (Å²) in [5, 5.41) is 3.31. The van der Waals surface area contributed by atoms with Crippen LogP contribution in [0.3, 0.4) is 0 Å². The maximum absolute atomic E-state index is 13.2. The highest BCUT2D eigenvalue weighted by atomic mass is 16.5. The summed E-state index contributed by atoms with van der Waals surface area (Å²) in [6.45, 7) is 1.70. The first-order chi connectivity index (χ1) is 12.7. The van der Waals surface area contributed by atoms with Gasteiger partial charge in [-0.3, -0.25) is 14.5 Å². The van der Waals surface area contributed by atoms with Crippen molar-refractivity contribution in [3.63, 3.8) is 0 Å². The number of carbonyl (C=O) groups is 2. The van der Waals surface area contributed by atoms with E-state index in [0.29, 0.717) is 16.9 Å². The van der Waals surface area contributed by atoms with E-state index in [2.05, 4.69) is 10.2 Å². The van der Waals surface area contributed by atoms with Gasteiger partial charge in [0, 0.05) is 22.9 Å². The Morgan fingerprint density at radius 2 is 1.65 bits per heavy atom. The topological polar surface area (TPSA) is 58.6 Å². The highest BCUT2D eigenvalue weighted by molar-refractivity contribution is 6.19. The Balaban J connectivity index is 1.73. The normalized spacial score (nSPS) is 23.0. The Morgan fingerprint density at radius 1 is 0.962 bits per heavy atom. The fourth-order valence-corrected chi connectivity index (χ4v) is 3.97. The minimum atomic E-state index is -0.595. The first-order valence-electron chi connectivity index (χ1n) is 9.01. The van der Waals surface area contributed by atoms with Gasteiger partial charge in [-0.2, -0.15) is 0 Å². The van der Waals surface area contributed by atoms with Crippen molar-refractivity contribution in [1.82, 2.24) is 4.90 Å². The number of Topliss-reactive ketones (excluding diaryl/α,β-unsaturated/α-hetero) is 2. The number of fused-ring (bicyclic) bond motifs is 1. The summed E-state index contributed by atoms with van der Waals surface area (Å²) in [6, 6.07) is 13.5. The summed E-state index contributed by atoms with van der Waals surface area (Å²) >= 11 is 0. The molecule has 26 heavy (non-hydrogen) atoms. The average Bonchev–Trinajstić information content (AvgIpc) is 3.20. The maximum Gasteiger partial charge on any atom is 0.187 e. The molecule has 0 radical (unpaired) electrons. The average molecular weight is 350 g/mol. The van der Waals surface area contributed by atoms with Gasteiger partial charge in [0.25, 0.3) is 0 Å². The zero-order chi connectivity index (χ0) is 18.1. The summed E-state index contributed by atoms with van der Waals surface area (Å²) in [5.41, 5.74) is 1.82. The number of nitrogens with zero attached hydrogens (tertiary/aromatic N) is 1. The van der Waals surface area contributed by atoms with Crippen molar-refractivity contribution in [2.75, 3.05) is 25.5 Å². The van der Waals surface area contributed by atoms with Crippen molar-refractivity contribution in [3.05, 3.63) is 59.7 Å². The number of anilines is 1. The highest BCUT2D eigenvalue weighted by Gasteiger charge is 2.45. The van der Waals surface area contributed by atoms with Crippen LogP contribution >= 0.6 is 0 Å². The summed E-state index contributed by atoms with van der Waals surface area (Å²) in [4.78, 5) is 28.6. The molecule has 1 aliphatic carbocycles. The third-order valence-corrected chi connectivity index (χ3v) is 5.25. The lowest BCUT2D eigenvalue weighted by atomic mass is 9.81. The molecule has 1 fully saturated rings. The number of methoxy groups -OCH3 is 1. The molecule has 2 aliphatic rings. The Kier molecular flexibility index (Phi) is 4.47. The van der Waals surface area contributed by atoms with Gasteiger partial charge in [-0.15, -0.1) is 0 Å². The van der Waals surface area contributed by atoms with Gasteiger partial charge in [-0.25, -0.2) is 0 Å². The molecular weight excluding hydrogens is 328 g/mol. The predicted octanol–water partition coefficient (Wildman–Crippen LogP) is 3.02. The summed E-state index contributed by atoms with van der Waals surface area (Å²) < 4.78 is 5.27. The fraction of sp³-hybridized carbons (Fsp3) is 0.333. The zero-order valence-electron chi connectivity index (χ0n) is 14.8. The molecule has 0 spiro atoms. The minimum absolute atomic E-state index is 0.0279. The van der Waals surface area contributed by atoms with E-state index in [1.807, 2.05) is 36.4 Å². The molecule has 2 aromatic rings. The lowest BCUT2D eigenvalue weighted by Gasteiger charge is -2.37. The lowest BCUT2D eigenvalue weighted by molar-refractivity contribution is 0.0729. The van der Waals surface area contributed by atoms with E-state index in [-0.39, 0.29) is 11.6 Å². The van der Waals surface area contributed by atoms with Gasteiger partial charge in [0.15, 0.2) is 11.6 Å². The first kappa shape index (κ1) is 16.8. The van der Waals surface area contributed by atoms with Gasteiger partial charge >= 0.3 is 0 Å². The molecule has 0 bridgehead atoms. The smallest absolute Gasteiger partial charge is 0.187 e. The van der Waals surface area contributed by atoms with Gasteiger partial charge in [-0.1, -0.05) is 30.3 Å². The van der Waals surface area contributed by atoms with E-state index < -0.39 is 12.1 Å². The number of ketones is 2. The molecule has 1 heterocycles. The Morgan fingerprint density at radius 3 is 2.35 bits per heavy atom. The van der Waals surface area contributed by atoms with E-state index in [4.69, 9.17) is 4.74 Å². The number of ether oxygens (including phenoxy) is 1. The van der Waals surface area contributed by atoms with Gasteiger partial charge in [0.1, 0.15) is 17.8 Å². The number of benzene rings is 2. The molecule has 5 heteroatoms. The van der Waals surface area contributed by atoms with Crippen molar-refractivity contribution >= 4 is 17.3 Å². The molecule has 1 aliphatic heterocycles. The Bertz CT molecular complexity index is 843. The van der Waals surface area contributed by atoms with E-state index in [0.717, 1.165) is 31.6 Å². The van der Waals surface area contributed by atoms with Gasteiger partial charge in [0.05, 0.1) is 7.11 Å². The van der Waals surface area contributed by atoms with E-state index in [9.17, 15) is 9.59 Å². The maximum atomic E-state index is 13.2. The van der Waals surface area contributed by atoms with Crippen LogP contribution in [0.5, 0.6) is 5.75 Å². The number of rotatable bonds is 4. The van der Waals surface area contributed by atoms with Crippen LogP contribution in [0.2, 0.25) is 0 Å². The third kappa shape index (κ3) is 2.88. The van der Waals surface area contributed by atoms with Gasteiger partial charge in [-0.05, 0) is 38.1 Å². The Hall–Kier alpha value is -2.66. The number of nitrogens with one attached hydrogen (secondary N) is 1. The number of hydrogen-bond donors (Lipinski definition) is 1. The second-order valence-electron chi connectivity index (χ2n) is 6.82. The van der Waals surface area contributed by atoms with E-state index in [1.54, 1.807) is 19.2 Å². The largest absolute Gasteiger partial charge is 0.497 e. The van der Waals surface area contributed by atoms with Gasteiger partial charge < -0.3 is 10.1 Å². The standard InChI is InChI=1S/C21H22N2O3/c1-26-15-8-6-7-14(13-15)22-18-19(23-11-4-5-12-23)21(25)17-10-3-2-9-16(17)20(18)24/h2-3,6-10,13,18-19,22H,4-5,11-12H2,1H3. The molecule has 2 unspecified atom stereocenters. The van der Waals surface area contributed by atoms with Crippen molar-refractivity contribution in [2.45, 2.75) is 24.9 Å². The molecule has 4 rings (SSSR count). The minimum Gasteiger partial charge on any atom is -0.497 e. The number of carbonyl (C=O) groups excluding carboxylic acids is 2. The van der Waals surface area contributed by atoms with Crippen LogP contribution in [0, 0.1) is 0 Å². The molecule has 1 saturated heterocycles. The summed E-state index contributed by atoms with van der Waals surface area (Å²) in [7, 11) is 1.61. The molecule has 1 N–H and O–H groups in total. The van der Waals surface area contributed by atoms with Gasteiger partial charge in [0.2, 0.25) is 0 Å². The fourth-order valence-electron chi connectivity index (χ4n) is 3.97. The van der Waals surface area contributed by atoms with Crippen molar-refractivity contribution < 1.29 is 14.3 Å². The van der Waals surface area contributed by atoms with Crippen LogP contribution in [0.4, 0.5) is 5.69 Å². The van der Waals surface area contributed by atoms with Crippen LogP contribution in [-0.2, 0) is 0 Å². The lowest BCUT2D eigenvalue weighted by Crippen LogP contribution is -2.57. The zero-order valence-corrected chi connectivity index (χ0v) is 14.8. The predicted molar refractivity (Wildman–Crippen MR) is 100 cm³/mol. The van der Waals surface area contributed by atoms with Crippen LogP contribution < -0.4 is 10.1 Å². The SMILES string of the molecule is COc1cccc(NC2C(=O)c3ccccc3C(=O)C2N2CCCC2)c1. The number of hydrogen-bond acceptors (Lipinski definition) is 5. The molecule has 2 aromatic carbocycles. The monoisotopic (exact) mass is 350 g/mol. The quantitative estimate of drug-likeness (QED) is 0.918. The summed E-state index contributed by atoms with van der Waals surface area (Å²) in [5.74, 6) is 0.713. The molecular formula is C21H22N2O3. The second kappa shape index (κ2) is 6.92. The molecule has 2 atom stereocenters. The molecule has 0 saturated carbocycles. The summed E-state index contributed by atoms with van der Waals surface area (Å²) in [6.07, 6.45) is 2.12. The molecule has 0 aromatic heterocycles.